The van der Waals surface area contributed by atoms with Gasteiger partial charge in [-0.25, -0.2) is 4.39 Å². The Kier molecular flexibility index (Phi) is 4.53. The van der Waals surface area contributed by atoms with Crippen molar-refractivity contribution in [3.05, 3.63) is 30.1 Å². The second kappa shape index (κ2) is 6.15. The minimum absolute atomic E-state index is 0.0399. The fourth-order valence-corrected chi connectivity index (χ4v) is 3.07. The van der Waals surface area contributed by atoms with Crippen LogP contribution in [-0.2, 0) is 4.79 Å². The molecule has 1 aliphatic rings. The summed E-state index contributed by atoms with van der Waals surface area (Å²) in [7, 11) is 0. The minimum Gasteiger partial charge on any atom is -0.327 e. The molecule has 2 atom stereocenters. The van der Waals surface area contributed by atoms with Crippen LogP contribution in [0.1, 0.15) is 20.3 Å². The molecular weight excluding hydrogens is 243 g/mol. The third-order valence-electron chi connectivity index (χ3n) is 3.60. The van der Waals surface area contributed by atoms with Gasteiger partial charge in [-0.2, -0.15) is 0 Å². The van der Waals surface area contributed by atoms with Crippen LogP contribution in [0.25, 0.3) is 0 Å². The van der Waals surface area contributed by atoms with Crippen LogP contribution in [0, 0.1) is 17.7 Å². The van der Waals surface area contributed by atoms with Gasteiger partial charge < -0.3 is 10.2 Å². The van der Waals surface area contributed by atoms with Gasteiger partial charge in [0.1, 0.15) is 5.82 Å². The first-order valence-electron chi connectivity index (χ1n) is 6.92. The monoisotopic (exact) mass is 265 g/mol. The first-order chi connectivity index (χ1) is 9.02. The highest BCUT2D eigenvalue weighted by atomic mass is 19.1. The minimum atomic E-state index is -0.328. The highest BCUT2D eigenvalue weighted by Gasteiger charge is 2.26. The molecule has 1 aromatic rings. The Morgan fingerprint density at radius 2 is 2.05 bits per heavy atom. The first kappa shape index (κ1) is 14.0. The zero-order valence-electron chi connectivity index (χ0n) is 11.6. The van der Waals surface area contributed by atoms with Gasteiger partial charge in [-0.15, -0.1) is 0 Å². The zero-order valence-corrected chi connectivity index (χ0v) is 11.6. The fraction of sp³-hybridized carbons (Fsp3) is 0.533. The van der Waals surface area contributed by atoms with Crippen LogP contribution >= 0.6 is 0 Å². The summed E-state index contributed by atoms with van der Waals surface area (Å²) in [5, 5.41) is 2.76. The Balaban J connectivity index is 1.87. The quantitative estimate of drug-likeness (QED) is 0.849. The molecule has 0 spiro atoms. The number of anilines is 1. The molecule has 1 saturated heterocycles. The largest absolute Gasteiger partial charge is 0.327 e. The van der Waals surface area contributed by atoms with Crippen LogP contribution in [0.2, 0.25) is 0 Å². The molecule has 0 unspecified atom stereocenters. The lowest BCUT2D eigenvalue weighted by Crippen LogP contribution is -3.15. The van der Waals surface area contributed by atoms with Gasteiger partial charge in [0.05, 0.1) is 13.1 Å². The number of amides is 1. The Morgan fingerprint density at radius 1 is 1.37 bits per heavy atom. The molecule has 2 rings (SSSR count). The average Bonchev–Trinajstić information content (AvgIpc) is 2.26. The maximum absolute atomic E-state index is 13.0. The Morgan fingerprint density at radius 3 is 2.68 bits per heavy atom. The standard InChI is InChI=1S/C15H21FN2O/c1-11-6-12(2)9-18(8-11)10-15(19)17-14-5-3-4-13(16)7-14/h3-5,7,11-12H,6,8-10H2,1-2H3,(H,17,19)/p+1/t11-,12-/m0/s1. The molecule has 4 heteroatoms. The van der Waals surface area contributed by atoms with Crippen LogP contribution in [-0.4, -0.2) is 25.5 Å². The molecule has 1 aromatic carbocycles. The van der Waals surface area contributed by atoms with Crippen molar-refractivity contribution in [2.45, 2.75) is 20.3 Å². The van der Waals surface area contributed by atoms with E-state index in [4.69, 9.17) is 0 Å². The van der Waals surface area contributed by atoms with Gasteiger partial charge >= 0.3 is 0 Å². The number of quaternary nitrogens is 1. The van der Waals surface area contributed by atoms with Gasteiger partial charge in [0, 0.05) is 17.5 Å². The van der Waals surface area contributed by atoms with Crippen molar-refractivity contribution < 1.29 is 14.1 Å². The predicted octanol–water partition coefficient (Wildman–Crippen LogP) is 1.33. The summed E-state index contributed by atoms with van der Waals surface area (Å²) in [6.07, 6.45) is 1.25. The molecule has 1 amide bonds. The molecule has 3 nitrogen and oxygen atoms in total. The summed E-state index contributed by atoms with van der Waals surface area (Å²) >= 11 is 0. The van der Waals surface area contributed by atoms with Crippen molar-refractivity contribution >= 4 is 11.6 Å². The van der Waals surface area contributed by atoms with Crippen LogP contribution in [0.15, 0.2) is 24.3 Å². The molecule has 19 heavy (non-hydrogen) atoms. The molecule has 0 bridgehead atoms. The average molecular weight is 265 g/mol. The number of likely N-dealkylation sites (tertiary alicyclic amines) is 1. The summed E-state index contributed by atoms with van der Waals surface area (Å²) in [5.74, 6) is 0.966. The highest BCUT2D eigenvalue weighted by molar-refractivity contribution is 5.91. The summed E-state index contributed by atoms with van der Waals surface area (Å²) in [6, 6.07) is 6.02. The number of benzene rings is 1. The molecule has 0 radical (unpaired) electrons. The van der Waals surface area contributed by atoms with E-state index < -0.39 is 0 Å². The maximum atomic E-state index is 13.0. The number of nitrogens with one attached hydrogen (secondary N) is 2. The molecule has 2 N–H and O–H groups in total. The van der Waals surface area contributed by atoms with Crippen LogP contribution in [0.3, 0.4) is 0 Å². The van der Waals surface area contributed by atoms with E-state index in [2.05, 4.69) is 19.2 Å². The zero-order chi connectivity index (χ0) is 13.8. The number of hydrogen-bond donors (Lipinski definition) is 2. The van der Waals surface area contributed by atoms with E-state index in [-0.39, 0.29) is 11.7 Å². The molecule has 0 aliphatic carbocycles. The molecule has 0 aromatic heterocycles. The van der Waals surface area contributed by atoms with E-state index in [0.29, 0.717) is 24.1 Å². The lowest BCUT2D eigenvalue weighted by atomic mass is 9.92. The number of carbonyl (C=O) groups excluding carboxylic acids is 1. The van der Waals surface area contributed by atoms with Crippen LogP contribution in [0.5, 0.6) is 0 Å². The van der Waals surface area contributed by atoms with Gasteiger partial charge in [-0.1, -0.05) is 19.9 Å². The molecule has 104 valence electrons. The Labute approximate surface area is 113 Å². The van der Waals surface area contributed by atoms with Crippen LogP contribution < -0.4 is 10.2 Å². The Hall–Kier alpha value is -1.42. The van der Waals surface area contributed by atoms with Gasteiger partial charge in [0.25, 0.3) is 5.91 Å². The van der Waals surface area contributed by atoms with E-state index in [1.807, 2.05) is 0 Å². The van der Waals surface area contributed by atoms with Crippen LogP contribution in [0.4, 0.5) is 10.1 Å². The highest BCUT2D eigenvalue weighted by Crippen LogP contribution is 2.12. The normalized spacial score (nSPS) is 27.0. The summed E-state index contributed by atoms with van der Waals surface area (Å²) in [6.45, 7) is 7.02. The summed E-state index contributed by atoms with van der Waals surface area (Å²) in [5.41, 5.74) is 0.530. The molecule has 1 heterocycles. The third kappa shape index (κ3) is 4.31. The molecule has 0 saturated carbocycles. The lowest BCUT2D eigenvalue weighted by molar-refractivity contribution is -0.904. The van der Waals surface area contributed by atoms with Gasteiger partial charge in [-0.3, -0.25) is 4.79 Å². The summed E-state index contributed by atoms with van der Waals surface area (Å²) in [4.78, 5) is 13.3. The van der Waals surface area contributed by atoms with Crippen molar-refractivity contribution in [3.63, 3.8) is 0 Å². The predicted molar refractivity (Wildman–Crippen MR) is 73.5 cm³/mol. The molecular formula is C15H22FN2O+. The van der Waals surface area contributed by atoms with Gasteiger partial charge in [0.15, 0.2) is 6.54 Å². The second-order valence-electron chi connectivity index (χ2n) is 5.84. The number of hydrogen-bond acceptors (Lipinski definition) is 1. The number of halogens is 1. The smallest absolute Gasteiger partial charge is 0.279 e. The molecule has 1 fully saturated rings. The van der Waals surface area contributed by atoms with E-state index >= 15 is 0 Å². The van der Waals surface area contributed by atoms with Crippen molar-refractivity contribution in [2.24, 2.45) is 11.8 Å². The van der Waals surface area contributed by atoms with Crippen molar-refractivity contribution in [1.29, 1.82) is 0 Å². The Bertz CT molecular complexity index is 440. The second-order valence-corrected chi connectivity index (χ2v) is 5.84. The SMILES string of the molecule is C[C@H]1C[C@H](C)C[NH+](CC(=O)Nc2cccc(F)c2)C1. The summed E-state index contributed by atoms with van der Waals surface area (Å²) < 4.78 is 13.0. The van der Waals surface area contributed by atoms with Crippen molar-refractivity contribution in [3.8, 4) is 0 Å². The number of rotatable bonds is 3. The van der Waals surface area contributed by atoms with E-state index in [1.165, 1.54) is 23.5 Å². The topological polar surface area (TPSA) is 33.5 Å². The number of carbonyl (C=O) groups is 1. The first-order valence-corrected chi connectivity index (χ1v) is 6.92. The molecule has 1 aliphatic heterocycles. The third-order valence-corrected chi connectivity index (χ3v) is 3.60. The van der Waals surface area contributed by atoms with Crippen molar-refractivity contribution in [1.82, 2.24) is 0 Å². The number of piperidine rings is 1. The van der Waals surface area contributed by atoms with E-state index in [9.17, 15) is 9.18 Å². The van der Waals surface area contributed by atoms with E-state index in [1.54, 1.807) is 12.1 Å². The van der Waals surface area contributed by atoms with Gasteiger partial charge in [-0.05, 0) is 24.6 Å². The van der Waals surface area contributed by atoms with Gasteiger partial charge in [0.2, 0.25) is 0 Å². The maximum Gasteiger partial charge on any atom is 0.279 e. The lowest BCUT2D eigenvalue weighted by Gasteiger charge is -2.31. The van der Waals surface area contributed by atoms with E-state index in [0.717, 1.165) is 13.1 Å². The van der Waals surface area contributed by atoms with Crippen molar-refractivity contribution in [2.75, 3.05) is 25.0 Å². The fourth-order valence-electron chi connectivity index (χ4n) is 3.07.